The Morgan fingerprint density at radius 1 is 1.27 bits per heavy atom. The van der Waals surface area contributed by atoms with Gasteiger partial charge in [0.2, 0.25) is 0 Å². The molecule has 0 saturated carbocycles. The zero-order chi connectivity index (χ0) is 9.07. The first-order chi connectivity index (χ1) is 4.95. The first-order valence-corrected chi connectivity index (χ1v) is 4.02. The summed E-state index contributed by atoms with van der Waals surface area (Å²) in [6.07, 6.45) is 0.113. The van der Waals surface area contributed by atoms with Crippen molar-refractivity contribution in [2.24, 2.45) is 11.8 Å². The summed E-state index contributed by atoms with van der Waals surface area (Å²) in [6.45, 7) is 7.52. The van der Waals surface area contributed by atoms with E-state index in [9.17, 15) is 5.11 Å². The largest absolute Gasteiger partial charge is 0.228 e. The Balaban J connectivity index is 4.41. The van der Waals surface area contributed by atoms with Gasteiger partial charge < -0.3 is 0 Å². The molecule has 0 heterocycles. The van der Waals surface area contributed by atoms with Crippen molar-refractivity contribution in [1.29, 1.82) is 5.26 Å². The summed E-state index contributed by atoms with van der Waals surface area (Å²) in [6, 6.07) is 1.96. The van der Waals surface area contributed by atoms with Crippen LogP contribution in [0.25, 0.3) is 0 Å². The van der Waals surface area contributed by atoms with Gasteiger partial charge in [-0.1, -0.05) is 27.7 Å². The van der Waals surface area contributed by atoms with Gasteiger partial charge in [0.1, 0.15) is 5.60 Å². The zero-order valence-corrected chi connectivity index (χ0v) is 7.72. The van der Waals surface area contributed by atoms with E-state index < -0.39 is 5.60 Å². The van der Waals surface area contributed by atoms with Crippen LogP contribution in [0.3, 0.4) is 0 Å². The van der Waals surface area contributed by atoms with Crippen LogP contribution in [0.15, 0.2) is 0 Å². The van der Waals surface area contributed by atoms with Crippen LogP contribution in [0.1, 0.15) is 34.1 Å². The predicted molar refractivity (Wildman–Crippen MR) is 43.3 cm³/mol. The van der Waals surface area contributed by atoms with E-state index >= 15 is 0 Å². The Bertz CT molecular complexity index is 147. The van der Waals surface area contributed by atoms with Gasteiger partial charge in [0.25, 0.3) is 0 Å². The lowest BCUT2D eigenvalue weighted by molar-refractivity contribution is -0.0992. The highest BCUT2D eigenvalue weighted by Gasteiger charge is 2.36. The summed E-state index contributed by atoms with van der Waals surface area (Å²) in [5.41, 5.74) is -1.06. The minimum atomic E-state index is -1.06. The van der Waals surface area contributed by atoms with Crippen LogP contribution in [0.4, 0.5) is 0 Å². The fourth-order valence-corrected chi connectivity index (χ4v) is 1.20. The fraction of sp³-hybridized carbons (Fsp3) is 0.889. The molecular formula is C9H16NO. The van der Waals surface area contributed by atoms with Crippen LogP contribution >= 0.6 is 0 Å². The van der Waals surface area contributed by atoms with E-state index in [1.807, 2.05) is 33.8 Å². The summed E-state index contributed by atoms with van der Waals surface area (Å²) in [7, 11) is 0. The highest BCUT2D eigenvalue weighted by molar-refractivity contribution is 4.92. The van der Waals surface area contributed by atoms with E-state index in [-0.39, 0.29) is 18.3 Å². The van der Waals surface area contributed by atoms with Crippen molar-refractivity contribution < 1.29 is 5.11 Å². The molecule has 0 aromatic carbocycles. The summed E-state index contributed by atoms with van der Waals surface area (Å²) in [5.74, 6) is 0.0595. The van der Waals surface area contributed by atoms with Gasteiger partial charge in [-0.25, -0.2) is 5.11 Å². The molecule has 0 aromatic heterocycles. The number of hydrogen-bond donors (Lipinski definition) is 0. The molecule has 0 aliphatic heterocycles. The van der Waals surface area contributed by atoms with Gasteiger partial charge in [-0.15, -0.1) is 0 Å². The molecule has 0 spiro atoms. The van der Waals surface area contributed by atoms with Crippen LogP contribution in [0.5, 0.6) is 0 Å². The average Bonchev–Trinajstić information content (AvgIpc) is 1.87. The minimum Gasteiger partial charge on any atom is -0.228 e. The molecule has 63 valence electrons. The molecule has 11 heavy (non-hydrogen) atoms. The maximum atomic E-state index is 11.9. The molecule has 0 unspecified atom stereocenters. The smallest absolute Gasteiger partial charge is 0.121 e. The van der Waals surface area contributed by atoms with Gasteiger partial charge in [0.15, 0.2) is 0 Å². The molecule has 0 atom stereocenters. The van der Waals surface area contributed by atoms with Crippen molar-refractivity contribution in [2.75, 3.05) is 0 Å². The lowest BCUT2D eigenvalue weighted by atomic mass is 9.78. The first-order valence-electron chi connectivity index (χ1n) is 4.02. The molecule has 0 saturated heterocycles. The number of nitriles is 1. The summed E-state index contributed by atoms with van der Waals surface area (Å²) >= 11 is 0. The highest BCUT2D eigenvalue weighted by Crippen LogP contribution is 2.29. The molecule has 0 aliphatic rings. The van der Waals surface area contributed by atoms with E-state index in [0.717, 1.165) is 0 Å². The quantitative estimate of drug-likeness (QED) is 0.615. The average molecular weight is 154 g/mol. The van der Waals surface area contributed by atoms with Gasteiger partial charge in [-0.05, 0) is 11.8 Å². The molecule has 0 bridgehead atoms. The Morgan fingerprint density at radius 3 is 1.73 bits per heavy atom. The van der Waals surface area contributed by atoms with Gasteiger partial charge in [0.05, 0.1) is 12.5 Å². The van der Waals surface area contributed by atoms with E-state index in [1.54, 1.807) is 0 Å². The van der Waals surface area contributed by atoms with Gasteiger partial charge in [-0.2, -0.15) is 5.26 Å². The molecule has 0 amide bonds. The lowest BCUT2D eigenvalue weighted by Crippen LogP contribution is -2.38. The Morgan fingerprint density at radius 2 is 1.64 bits per heavy atom. The van der Waals surface area contributed by atoms with Crippen molar-refractivity contribution in [2.45, 2.75) is 39.7 Å². The van der Waals surface area contributed by atoms with Crippen molar-refractivity contribution in [3.05, 3.63) is 0 Å². The number of hydrogen-bond acceptors (Lipinski definition) is 1. The second kappa shape index (κ2) is 3.73. The Kier molecular flexibility index (Phi) is 3.54. The Labute approximate surface area is 68.8 Å². The second-order valence-electron chi connectivity index (χ2n) is 3.60. The summed E-state index contributed by atoms with van der Waals surface area (Å²) in [5, 5.41) is 20.3. The van der Waals surface area contributed by atoms with E-state index in [2.05, 4.69) is 0 Å². The minimum absolute atomic E-state index is 0.0298. The van der Waals surface area contributed by atoms with Crippen molar-refractivity contribution in [3.63, 3.8) is 0 Å². The summed E-state index contributed by atoms with van der Waals surface area (Å²) < 4.78 is 0. The van der Waals surface area contributed by atoms with E-state index in [0.29, 0.717) is 0 Å². The zero-order valence-electron chi connectivity index (χ0n) is 7.72. The van der Waals surface area contributed by atoms with Gasteiger partial charge >= 0.3 is 0 Å². The third-order valence-corrected chi connectivity index (χ3v) is 2.31. The molecular weight excluding hydrogens is 138 g/mol. The topological polar surface area (TPSA) is 43.7 Å². The SMILES string of the molecule is CC(C)C([O])(CC#N)C(C)C. The molecule has 0 fully saturated rings. The molecule has 0 N–H and O–H groups in total. The van der Waals surface area contributed by atoms with Crippen LogP contribution in [-0.2, 0) is 5.11 Å². The molecule has 2 nitrogen and oxygen atoms in total. The normalized spacial score (nSPS) is 12.2. The monoisotopic (exact) mass is 154 g/mol. The number of nitrogens with zero attached hydrogens (tertiary/aromatic N) is 1. The van der Waals surface area contributed by atoms with Crippen LogP contribution in [0.2, 0.25) is 0 Å². The number of rotatable bonds is 3. The van der Waals surface area contributed by atoms with Crippen LogP contribution in [0, 0.1) is 23.2 Å². The third kappa shape index (κ3) is 2.20. The second-order valence-corrected chi connectivity index (χ2v) is 3.60. The van der Waals surface area contributed by atoms with Crippen LogP contribution < -0.4 is 0 Å². The molecule has 0 aromatic rings. The molecule has 2 heteroatoms. The van der Waals surface area contributed by atoms with Crippen molar-refractivity contribution >= 4 is 0 Å². The highest BCUT2D eigenvalue weighted by atomic mass is 16.3. The van der Waals surface area contributed by atoms with Gasteiger partial charge in [0, 0.05) is 0 Å². The van der Waals surface area contributed by atoms with Crippen LogP contribution in [-0.4, -0.2) is 5.60 Å². The third-order valence-electron chi connectivity index (χ3n) is 2.31. The standard InChI is InChI=1S/C9H16NO/c1-7(2)9(11,5-6-10)8(3)4/h7-8H,5H2,1-4H3. The first kappa shape index (κ1) is 10.4. The molecule has 0 rings (SSSR count). The van der Waals surface area contributed by atoms with Crippen molar-refractivity contribution in [3.8, 4) is 6.07 Å². The van der Waals surface area contributed by atoms with E-state index in [4.69, 9.17) is 5.26 Å². The maximum Gasteiger partial charge on any atom is 0.121 e. The summed E-state index contributed by atoms with van der Waals surface area (Å²) in [4.78, 5) is 0. The van der Waals surface area contributed by atoms with Gasteiger partial charge in [-0.3, -0.25) is 0 Å². The lowest BCUT2D eigenvalue weighted by Gasteiger charge is -2.30. The predicted octanol–water partition coefficient (Wildman–Crippen LogP) is 2.38. The van der Waals surface area contributed by atoms with Crippen molar-refractivity contribution in [1.82, 2.24) is 0 Å². The molecule has 1 radical (unpaired) electrons. The maximum absolute atomic E-state index is 11.9. The Hall–Kier alpha value is -0.550. The fourth-order valence-electron chi connectivity index (χ4n) is 1.20. The van der Waals surface area contributed by atoms with E-state index in [1.165, 1.54) is 0 Å². The molecule has 0 aliphatic carbocycles.